The molecule has 1 fully saturated rings. The largest absolute Gasteiger partial charge is 0.491 e. The summed E-state index contributed by atoms with van der Waals surface area (Å²) in [5, 5.41) is 2.60. The van der Waals surface area contributed by atoms with Crippen molar-refractivity contribution in [2.45, 2.75) is 18.9 Å². The molecule has 1 saturated heterocycles. The predicted octanol–water partition coefficient (Wildman–Crippen LogP) is 2.69. The zero-order valence-electron chi connectivity index (χ0n) is 15.2. The fourth-order valence-corrected chi connectivity index (χ4v) is 3.16. The van der Waals surface area contributed by atoms with E-state index in [1.807, 2.05) is 0 Å². The first-order valence-corrected chi connectivity index (χ1v) is 8.74. The van der Waals surface area contributed by atoms with Crippen molar-refractivity contribution in [1.29, 1.82) is 0 Å². The number of amides is 2. The van der Waals surface area contributed by atoms with Gasteiger partial charge in [0, 0.05) is 19.5 Å². The summed E-state index contributed by atoms with van der Waals surface area (Å²) < 4.78 is 45.3. The van der Waals surface area contributed by atoms with Gasteiger partial charge in [0.1, 0.15) is 5.82 Å². The van der Waals surface area contributed by atoms with Crippen LogP contribution in [-0.4, -0.2) is 43.0 Å². The molecule has 0 unspecified atom stereocenters. The Labute approximate surface area is 160 Å². The van der Waals surface area contributed by atoms with E-state index in [0.717, 1.165) is 24.8 Å². The fourth-order valence-electron chi connectivity index (χ4n) is 3.16. The van der Waals surface area contributed by atoms with Crippen LogP contribution < -0.4 is 10.1 Å². The molecule has 1 atom stereocenters. The molecule has 3 rings (SSSR count). The zero-order chi connectivity index (χ0) is 20.3. The van der Waals surface area contributed by atoms with Gasteiger partial charge in [0.25, 0.3) is 5.91 Å². The van der Waals surface area contributed by atoms with E-state index in [1.54, 1.807) is 17.0 Å². The molecule has 1 N–H and O–H groups in total. The van der Waals surface area contributed by atoms with Crippen molar-refractivity contribution >= 4 is 11.8 Å². The van der Waals surface area contributed by atoms with Gasteiger partial charge in [-0.3, -0.25) is 9.59 Å². The van der Waals surface area contributed by atoms with E-state index in [4.69, 9.17) is 0 Å². The molecule has 8 heteroatoms. The van der Waals surface area contributed by atoms with Gasteiger partial charge in [-0.25, -0.2) is 13.2 Å². The van der Waals surface area contributed by atoms with Gasteiger partial charge >= 0.3 is 0 Å². The van der Waals surface area contributed by atoms with Crippen molar-refractivity contribution in [2.24, 2.45) is 0 Å². The third-order valence-corrected chi connectivity index (χ3v) is 4.63. The minimum absolute atomic E-state index is 0.0924. The van der Waals surface area contributed by atoms with Crippen LogP contribution in [0.5, 0.6) is 5.75 Å². The van der Waals surface area contributed by atoms with Crippen molar-refractivity contribution in [1.82, 2.24) is 10.2 Å². The molecule has 0 bridgehead atoms. The third kappa shape index (κ3) is 4.27. The highest BCUT2D eigenvalue weighted by atomic mass is 19.1. The summed E-state index contributed by atoms with van der Waals surface area (Å²) in [6, 6.07) is 7.52. The molecule has 148 valence electrons. The second-order valence-corrected chi connectivity index (χ2v) is 6.53. The minimum atomic E-state index is -1.09. The van der Waals surface area contributed by atoms with E-state index in [0.29, 0.717) is 13.0 Å². The topological polar surface area (TPSA) is 58.6 Å². The van der Waals surface area contributed by atoms with E-state index >= 15 is 0 Å². The summed E-state index contributed by atoms with van der Waals surface area (Å²) in [6.45, 7) is 0.710. The van der Waals surface area contributed by atoms with Crippen LogP contribution in [0.15, 0.2) is 36.4 Å². The average molecular weight is 392 g/mol. The molecule has 28 heavy (non-hydrogen) atoms. The number of likely N-dealkylation sites (tertiary alicyclic amines) is 1. The number of hydrogen-bond acceptors (Lipinski definition) is 3. The van der Waals surface area contributed by atoms with E-state index < -0.39 is 29.3 Å². The van der Waals surface area contributed by atoms with Crippen LogP contribution in [0.4, 0.5) is 13.2 Å². The Hall–Kier alpha value is -3.03. The van der Waals surface area contributed by atoms with Crippen molar-refractivity contribution in [2.75, 3.05) is 20.2 Å². The molecule has 2 amide bonds. The SMILES string of the molecule is COc1c(F)ccc(C(=O)N[C@@H]2CC(=O)N(CCc3ccc(F)cc3)C2)c1F. The highest BCUT2D eigenvalue weighted by Gasteiger charge is 2.31. The van der Waals surface area contributed by atoms with E-state index in [1.165, 1.54) is 12.1 Å². The summed E-state index contributed by atoms with van der Waals surface area (Å²) in [5.41, 5.74) is 0.539. The molecule has 5 nitrogen and oxygen atoms in total. The molecule has 0 spiro atoms. The van der Waals surface area contributed by atoms with Crippen LogP contribution in [0.1, 0.15) is 22.3 Å². The maximum Gasteiger partial charge on any atom is 0.254 e. The Morgan fingerprint density at radius 2 is 1.89 bits per heavy atom. The monoisotopic (exact) mass is 392 g/mol. The van der Waals surface area contributed by atoms with Crippen molar-refractivity contribution < 1.29 is 27.5 Å². The molecule has 0 radical (unpaired) electrons. The Kier molecular flexibility index (Phi) is 5.87. The lowest BCUT2D eigenvalue weighted by Crippen LogP contribution is -2.38. The minimum Gasteiger partial charge on any atom is -0.491 e. The van der Waals surface area contributed by atoms with Crippen LogP contribution in [0.3, 0.4) is 0 Å². The lowest BCUT2D eigenvalue weighted by Gasteiger charge is -2.17. The van der Waals surface area contributed by atoms with Crippen molar-refractivity contribution in [3.63, 3.8) is 0 Å². The highest BCUT2D eigenvalue weighted by molar-refractivity contribution is 5.95. The molecule has 1 heterocycles. The van der Waals surface area contributed by atoms with Crippen LogP contribution in [0.25, 0.3) is 0 Å². The summed E-state index contributed by atoms with van der Waals surface area (Å²) in [5.74, 6) is -3.82. The number of hydrogen-bond donors (Lipinski definition) is 1. The van der Waals surface area contributed by atoms with Gasteiger partial charge < -0.3 is 15.0 Å². The highest BCUT2D eigenvalue weighted by Crippen LogP contribution is 2.24. The van der Waals surface area contributed by atoms with Gasteiger partial charge in [-0.15, -0.1) is 0 Å². The first kappa shape index (κ1) is 19.7. The fraction of sp³-hybridized carbons (Fsp3) is 0.300. The standard InChI is InChI=1S/C20H19F3N2O3/c1-28-19-16(22)7-6-15(18(19)23)20(27)24-14-10-17(26)25(11-14)9-8-12-2-4-13(21)5-3-12/h2-7,14H,8-11H2,1H3,(H,24,27)/t14-/m1/s1. The Bertz CT molecular complexity index is 887. The Morgan fingerprint density at radius 1 is 1.18 bits per heavy atom. The van der Waals surface area contributed by atoms with Crippen LogP contribution in [-0.2, 0) is 11.2 Å². The smallest absolute Gasteiger partial charge is 0.254 e. The Balaban J connectivity index is 1.59. The molecular weight excluding hydrogens is 373 g/mol. The van der Waals surface area contributed by atoms with Gasteiger partial charge in [0.2, 0.25) is 5.91 Å². The van der Waals surface area contributed by atoms with E-state index in [2.05, 4.69) is 10.1 Å². The number of methoxy groups -OCH3 is 1. The maximum absolute atomic E-state index is 14.2. The molecule has 1 aliphatic rings. The molecule has 2 aromatic rings. The van der Waals surface area contributed by atoms with Crippen LogP contribution in [0.2, 0.25) is 0 Å². The van der Waals surface area contributed by atoms with Crippen LogP contribution in [0, 0.1) is 17.5 Å². The third-order valence-electron chi connectivity index (χ3n) is 4.63. The Morgan fingerprint density at radius 3 is 2.57 bits per heavy atom. The van der Waals surface area contributed by atoms with Gasteiger partial charge in [-0.1, -0.05) is 12.1 Å². The summed E-state index contributed by atoms with van der Waals surface area (Å²) >= 11 is 0. The molecular formula is C20H19F3N2O3. The van der Waals surface area contributed by atoms with E-state index in [-0.39, 0.29) is 30.3 Å². The second-order valence-electron chi connectivity index (χ2n) is 6.53. The number of nitrogens with zero attached hydrogens (tertiary/aromatic N) is 1. The zero-order valence-corrected chi connectivity index (χ0v) is 15.2. The van der Waals surface area contributed by atoms with Crippen LogP contribution >= 0.6 is 0 Å². The molecule has 2 aromatic carbocycles. The second kappa shape index (κ2) is 8.33. The van der Waals surface area contributed by atoms with E-state index in [9.17, 15) is 22.8 Å². The first-order chi connectivity index (χ1) is 13.4. The quantitative estimate of drug-likeness (QED) is 0.823. The van der Waals surface area contributed by atoms with Gasteiger partial charge in [0.05, 0.1) is 18.7 Å². The number of carbonyl (C=O) groups is 2. The first-order valence-electron chi connectivity index (χ1n) is 8.74. The number of benzene rings is 2. The number of nitrogens with one attached hydrogen (secondary N) is 1. The predicted molar refractivity (Wildman–Crippen MR) is 95.5 cm³/mol. The summed E-state index contributed by atoms with van der Waals surface area (Å²) in [6.07, 6.45) is 0.644. The number of halogens is 3. The number of ether oxygens (including phenoxy) is 1. The summed E-state index contributed by atoms with van der Waals surface area (Å²) in [7, 11) is 1.11. The number of rotatable bonds is 6. The van der Waals surface area contributed by atoms with Gasteiger partial charge in [-0.2, -0.15) is 0 Å². The average Bonchev–Trinajstić information content (AvgIpc) is 3.00. The van der Waals surface area contributed by atoms with Gasteiger partial charge in [-0.05, 0) is 36.2 Å². The lowest BCUT2D eigenvalue weighted by atomic mass is 10.1. The molecule has 0 aromatic heterocycles. The van der Waals surface area contributed by atoms with Crippen molar-refractivity contribution in [3.8, 4) is 5.75 Å². The molecule has 1 aliphatic heterocycles. The normalized spacial score (nSPS) is 16.4. The molecule has 0 aliphatic carbocycles. The van der Waals surface area contributed by atoms with Crippen molar-refractivity contribution in [3.05, 3.63) is 65.0 Å². The summed E-state index contributed by atoms with van der Waals surface area (Å²) in [4.78, 5) is 26.1. The lowest BCUT2D eigenvalue weighted by molar-refractivity contribution is -0.127. The molecule has 0 saturated carbocycles. The van der Waals surface area contributed by atoms with Gasteiger partial charge in [0.15, 0.2) is 17.4 Å². The maximum atomic E-state index is 14.2. The number of carbonyl (C=O) groups excluding carboxylic acids is 2.